The number of sulfonamides is 1. The first-order chi connectivity index (χ1) is 12.8. The number of nitrogens with zero attached hydrogens (tertiary/aromatic N) is 1. The van der Waals surface area contributed by atoms with Crippen molar-refractivity contribution in [3.05, 3.63) is 71.8 Å². The van der Waals surface area contributed by atoms with Crippen LogP contribution in [-0.2, 0) is 21.2 Å². The summed E-state index contributed by atoms with van der Waals surface area (Å²) in [4.78, 5) is 12.6. The maximum absolute atomic E-state index is 12.4. The molecule has 0 aliphatic heterocycles. The predicted octanol–water partition coefficient (Wildman–Crippen LogP) is 3.58. The van der Waals surface area contributed by atoms with E-state index in [1.165, 1.54) is 20.2 Å². The molecule has 0 bridgehead atoms. The van der Waals surface area contributed by atoms with Crippen molar-refractivity contribution in [2.75, 3.05) is 19.4 Å². The summed E-state index contributed by atoms with van der Waals surface area (Å²) in [6, 6.07) is 18.8. The predicted molar refractivity (Wildman–Crippen MR) is 108 cm³/mol. The molecule has 0 radical (unpaired) electrons. The standard InChI is InChI=1S/C21H22N2O3S/c1-15-8-11-19(14-20(15)27(25,26)23(2)3)22-21(24)13-16-9-10-17-6-4-5-7-18(17)12-16/h4-12,14H,13H2,1-3H3,(H,22,24). The van der Waals surface area contributed by atoms with E-state index in [4.69, 9.17) is 0 Å². The summed E-state index contributed by atoms with van der Waals surface area (Å²) >= 11 is 0. The molecule has 27 heavy (non-hydrogen) atoms. The minimum Gasteiger partial charge on any atom is -0.326 e. The number of amides is 1. The number of anilines is 1. The largest absolute Gasteiger partial charge is 0.326 e. The van der Waals surface area contributed by atoms with Gasteiger partial charge < -0.3 is 5.32 Å². The van der Waals surface area contributed by atoms with Crippen molar-refractivity contribution in [3.63, 3.8) is 0 Å². The van der Waals surface area contributed by atoms with Crippen molar-refractivity contribution < 1.29 is 13.2 Å². The molecule has 0 aliphatic rings. The van der Waals surface area contributed by atoms with Crippen LogP contribution in [0.2, 0.25) is 0 Å². The molecule has 0 spiro atoms. The molecule has 0 heterocycles. The first kappa shape index (κ1) is 19.1. The van der Waals surface area contributed by atoms with Gasteiger partial charge in [0.2, 0.25) is 15.9 Å². The first-order valence-electron chi connectivity index (χ1n) is 8.58. The molecule has 3 aromatic rings. The van der Waals surface area contributed by atoms with Crippen LogP contribution in [0.15, 0.2) is 65.6 Å². The van der Waals surface area contributed by atoms with Gasteiger partial charge in [0.15, 0.2) is 0 Å². The number of hydrogen-bond acceptors (Lipinski definition) is 3. The van der Waals surface area contributed by atoms with Crippen LogP contribution in [0.3, 0.4) is 0 Å². The van der Waals surface area contributed by atoms with Crippen LogP contribution < -0.4 is 5.32 Å². The Hall–Kier alpha value is -2.70. The normalized spacial score (nSPS) is 11.7. The third-order valence-electron chi connectivity index (χ3n) is 4.41. The maximum atomic E-state index is 12.4. The molecule has 5 nitrogen and oxygen atoms in total. The van der Waals surface area contributed by atoms with Crippen LogP contribution in [0.5, 0.6) is 0 Å². The number of rotatable bonds is 5. The Morgan fingerprint density at radius 2 is 1.67 bits per heavy atom. The highest BCUT2D eigenvalue weighted by Crippen LogP contribution is 2.23. The monoisotopic (exact) mass is 382 g/mol. The zero-order chi connectivity index (χ0) is 19.6. The van der Waals surface area contributed by atoms with E-state index in [0.717, 1.165) is 20.6 Å². The van der Waals surface area contributed by atoms with E-state index in [9.17, 15) is 13.2 Å². The average molecular weight is 382 g/mol. The second-order valence-corrected chi connectivity index (χ2v) is 8.79. The minimum atomic E-state index is -3.57. The van der Waals surface area contributed by atoms with Crippen molar-refractivity contribution in [1.82, 2.24) is 4.31 Å². The Bertz CT molecular complexity index is 1110. The molecule has 1 N–H and O–H groups in total. The van der Waals surface area contributed by atoms with Gasteiger partial charge in [-0.2, -0.15) is 0 Å². The molecule has 0 atom stereocenters. The van der Waals surface area contributed by atoms with Gasteiger partial charge in [-0.1, -0.05) is 48.5 Å². The van der Waals surface area contributed by atoms with E-state index in [2.05, 4.69) is 5.32 Å². The van der Waals surface area contributed by atoms with Crippen LogP contribution in [0.25, 0.3) is 10.8 Å². The third kappa shape index (κ3) is 4.18. The van der Waals surface area contributed by atoms with Gasteiger partial charge in [0.05, 0.1) is 11.3 Å². The summed E-state index contributed by atoms with van der Waals surface area (Å²) in [6.45, 7) is 1.73. The molecule has 6 heteroatoms. The molecule has 0 aliphatic carbocycles. The highest BCUT2D eigenvalue weighted by Gasteiger charge is 2.20. The summed E-state index contributed by atoms with van der Waals surface area (Å²) in [5.74, 6) is -0.192. The van der Waals surface area contributed by atoms with Crippen LogP contribution >= 0.6 is 0 Å². The molecular weight excluding hydrogens is 360 g/mol. The maximum Gasteiger partial charge on any atom is 0.242 e. The Morgan fingerprint density at radius 3 is 2.37 bits per heavy atom. The van der Waals surface area contributed by atoms with Gasteiger partial charge in [-0.05, 0) is 41.0 Å². The van der Waals surface area contributed by atoms with E-state index in [0.29, 0.717) is 11.3 Å². The summed E-state index contributed by atoms with van der Waals surface area (Å²) < 4.78 is 26.0. The van der Waals surface area contributed by atoms with E-state index in [-0.39, 0.29) is 17.2 Å². The number of benzene rings is 3. The number of carbonyl (C=O) groups is 1. The molecule has 3 rings (SSSR count). The minimum absolute atomic E-state index is 0.191. The second kappa shape index (κ2) is 7.50. The van der Waals surface area contributed by atoms with Gasteiger partial charge in [0, 0.05) is 19.8 Å². The molecule has 140 valence electrons. The average Bonchev–Trinajstić information content (AvgIpc) is 2.63. The second-order valence-electron chi connectivity index (χ2n) is 6.67. The lowest BCUT2D eigenvalue weighted by molar-refractivity contribution is -0.115. The first-order valence-corrected chi connectivity index (χ1v) is 10.0. The molecule has 0 saturated heterocycles. The Balaban J connectivity index is 1.79. The Morgan fingerprint density at radius 1 is 0.963 bits per heavy atom. The van der Waals surface area contributed by atoms with Crippen molar-refractivity contribution in [2.45, 2.75) is 18.2 Å². The van der Waals surface area contributed by atoms with E-state index < -0.39 is 10.0 Å². The van der Waals surface area contributed by atoms with E-state index in [1.807, 2.05) is 42.5 Å². The van der Waals surface area contributed by atoms with Gasteiger partial charge >= 0.3 is 0 Å². The van der Waals surface area contributed by atoms with Gasteiger partial charge in [0.1, 0.15) is 0 Å². The lowest BCUT2D eigenvalue weighted by Gasteiger charge is -2.15. The summed E-state index contributed by atoms with van der Waals surface area (Å²) in [5.41, 5.74) is 2.00. The third-order valence-corrected chi connectivity index (χ3v) is 6.37. The topological polar surface area (TPSA) is 66.5 Å². The molecule has 0 aromatic heterocycles. The lowest BCUT2D eigenvalue weighted by Crippen LogP contribution is -2.23. The quantitative estimate of drug-likeness (QED) is 0.733. The summed E-state index contributed by atoms with van der Waals surface area (Å²) in [7, 11) is -0.595. The SMILES string of the molecule is Cc1ccc(NC(=O)Cc2ccc3ccccc3c2)cc1S(=O)(=O)N(C)C. The molecular formula is C21H22N2O3S. The van der Waals surface area contributed by atoms with Gasteiger partial charge in [0.25, 0.3) is 0 Å². The van der Waals surface area contributed by atoms with Crippen molar-refractivity contribution in [3.8, 4) is 0 Å². The number of hydrogen-bond donors (Lipinski definition) is 1. The lowest BCUT2D eigenvalue weighted by atomic mass is 10.0. The summed E-state index contributed by atoms with van der Waals surface area (Å²) in [5, 5.41) is 5.00. The molecule has 0 unspecified atom stereocenters. The van der Waals surface area contributed by atoms with Crippen LogP contribution in [0.1, 0.15) is 11.1 Å². The molecule has 3 aromatic carbocycles. The highest BCUT2D eigenvalue weighted by atomic mass is 32.2. The molecule has 0 fully saturated rings. The summed E-state index contributed by atoms with van der Waals surface area (Å²) in [6.07, 6.45) is 0.217. The smallest absolute Gasteiger partial charge is 0.242 e. The van der Waals surface area contributed by atoms with Crippen molar-refractivity contribution in [1.29, 1.82) is 0 Å². The van der Waals surface area contributed by atoms with Crippen LogP contribution in [0, 0.1) is 6.92 Å². The van der Waals surface area contributed by atoms with Crippen LogP contribution in [0.4, 0.5) is 5.69 Å². The van der Waals surface area contributed by atoms with Gasteiger partial charge in [-0.15, -0.1) is 0 Å². The number of carbonyl (C=O) groups excluding carboxylic acids is 1. The Labute approximate surface area is 159 Å². The van der Waals surface area contributed by atoms with E-state index in [1.54, 1.807) is 19.1 Å². The fraction of sp³-hybridized carbons (Fsp3) is 0.190. The number of fused-ring (bicyclic) bond motifs is 1. The fourth-order valence-electron chi connectivity index (χ4n) is 2.89. The van der Waals surface area contributed by atoms with Crippen molar-refractivity contribution in [2.24, 2.45) is 0 Å². The zero-order valence-corrected chi connectivity index (χ0v) is 16.4. The zero-order valence-electron chi connectivity index (χ0n) is 15.6. The molecule has 1 amide bonds. The molecule has 0 saturated carbocycles. The van der Waals surface area contributed by atoms with E-state index >= 15 is 0 Å². The van der Waals surface area contributed by atoms with Crippen molar-refractivity contribution >= 4 is 32.4 Å². The van der Waals surface area contributed by atoms with Crippen LogP contribution in [-0.4, -0.2) is 32.7 Å². The van der Waals surface area contributed by atoms with Gasteiger partial charge in [-0.3, -0.25) is 4.79 Å². The fourth-order valence-corrected chi connectivity index (χ4v) is 4.04. The number of nitrogens with one attached hydrogen (secondary N) is 1. The Kier molecular flexibility index (Phi) is 5.30. The highest BCUT2D eigenvalue weighted by molar-refractivity contribution is 7.89. The number of aryl methyl sites for hydroxylation is 1. The van der Waals surface area contributed by atoms with Gasteiger partial charge in [-0.25, -0.2) is 12.7 Å².